The van der Waals surface area contributed by atoms with Crippen molar-refractivity contribution in [3.63, 3.8) is 0 Å². The van der Waals surface area contributed by atoms with E-state index in [4.69, 9.17) is 11.5 Å². The fraction of sp³-hybridized carbons (Fsp3) is 0. The van der Waals surface area contributed by atoms with E-state index in [0.29, 0.717) is 22.5 Å². The first-order chi connectivity index (χ1) is 15.4. The van der Waals surface area contributed by atoms with E-state index >= 15 is 0 Å². The molecule has 4 aromatic rings. The summed E-state index contributed by atoms with van der Waals surface area (Å²) >= 11 is 0. The second-order valence-electron chi connectivity index (χ2n) is 7.31. The summed E-state index contributed by atoms with van der Waals surface area (Å²) in [6.07, 6.45) is 0. The van der Waals surface area contributed by atoms with Crippen LogP contribution in [-0.4, -0.2) is 22.2 Å². The van der Waals surface area contributed by atoms with Gasteiger partial charge in [0.05, 0.1) is 22.5 Å². The van der Waals surface area contributed by atoms with E-state index in [2.05, 4.69) is 0 Å². The summed E-state index contributed by atoms with van der Waals surface area (Å²) in [4.78, 5) is 22.5. The van der Waals surface area contributed by atoms with E-state index in [-0.39, 0.29) is 11.1 Å². The van der Waals surface area contributed by atoms with E-state index in [9.17, 15) is 19.8 Å². The van der Waals surface area contributed by atoms with E-state index in [0.717, 1.165) is 22.3 Å². The van der Waals surface area contributed by atoms with Crippen molar-refractivity contribution in [2.75, 3.05) is 11.5 Å². The SMILES string of the molecule is Nc1c(-c2ccccc2)cc(-c2ccc(C(=O)O)cc2)c(-c2ccc(C(=O)O)cc2)c1N. The number of carboxylic acids is 2. The van der Waals surface area contributed by atoms with Crippen molar-refractivity contribution in [3.05, 3.63) is 96.1 Å². The Morgan fingerprint density at radius 3 is 1.53 bits per heavy atom. The van der Waals surface area contributed by atoms with E-state index in [1.165, 1.54) is 24.3 Å². The van der Waals surface area contributed by atoms with Crippen LogP contribution in [0.1, 0.15) is 20.7 Å². The molecule has 0 aliphatic carbocycles. The zero-order valence-corrected chi connectivity index (χ0v) is 16.9. The molecule has 32 heavy (non-hydrogen) atoms. The van der Waals surface area contributed by atoms with Gasteiger partial charge in [-0.1, -0.05) is 54.6 Å². The van der Waals surface area contributed by atoms with Gasteiger partial charge in [-0.3, -0.25) is 0 Å². The summed E-state index contributed by atoms with van der Waals surface area (Å²) in [7, 11) is 0. The van der Waals surface area contributed by atoms with Gasteiger partial charge in [-0.25, -0.2) is 9.59 Å². The summed E-state index contributed by atoms with van der Waals surface area (Å²) in [6.45, 7) is 0. The first-order valence-electron chi connectivity index (χ1n) is 9.81. The summed E-state index contributed by atoms with van der Waals surface area (Å²) < 4.78 is 0. The molecule has 0 aromatic heterocycles. The number of hydrogen-bond acceptors (Lipinski definition) is 4. The molecule has 0 saturated carbocycles. The van der Waals surface area contributed by atoms with Gasteiger partial charge < -0.3 is 21.7 Å². The number of aromatic carboxylic acids is 2. The van der Waals surface area contributed by atoms with Crippen LogP contribution in [0.4, 0.5) is 11.4 Å². The number of benzene rings is 4. The lowest BCUT2D eigenvalue weighted by molar-refractivity contribution is 0.0686. The largest absolute Gasteiger partial charge is 0.478 e. The molecule has 0 saturated heterocycles. The zero-order chi connectivity index (χ0) is 22.8. The second kappa shape index (κ2) is 8.28. The average Bonchev–Trinajstić information content (AvgIpc) is 2.81. The highest BCUT2D eigenvalue weighted by Gasteiger charge is 2.19. The lowest BCUT2D eigenvalue weighted by Gasteiger charge is -2.19. The second-order valence-corrected chi connectivity index (χ2v) is 7.31. The predicted molar refractivity (Wildman–Crippen MR) is 125 cm³/mol. The van der Waals surface area contributed by atoms with Crippen molar-refractivity contribution < 1.29 is 19.8 Å². The van der Waals surface area contributed by atoms with Crippen LogP contribution < -0.4 is 11.5 Å². The number of nitrogens with two attached hydrogens (primary N) is 2. The van der Waals surface area contributed by atoms with Gasteiger partial charge in [-0.05, 0) is 52.6 Å². The van der Waals surface area contributed by atoms with Crippen molar-refractivity contribution in [3.8, 4) is 33.4 Å². The number of anilines is 2. The number of hydrogen-bond donors (Lipinski definition) is 4. The zero-order valence-electron chi connectivity index (χ0n) is 16.9. The molecule has 6 nitrogen and oxygen atoms in total. The Labute approximate surface area is 184 Å². The Morgan fingerprint density at radius 2 is 1.03 bits per heavy atom. The number of nitrogen functional groups attached to an aromatic ring is 2. The van der Waals surface area contributed by atoms with Crippen LogP contribution in [0.3, 0.4) is 0 Å². The van der Waals surface area contributed by atoms with Crippen molar-refractivity contribution >= 4 is 23.3 Å². The van der Waals surface area contributed by atoms with Gasteiger partial charge in [0.1, 0.15) is 0 Å². The Balaban J connectivity index is 1.98. The average molecular weight is 424 g/mol. The highest BCUT2D eigenvalue weighted by molar-refractivity contribution is 6.02. The summed E-state index contributed by atoms with van der Waals surface area (Å²) in [5.74, 6) is -2.03. The van der Waals surface area contributed by atoms with Gasteiger partial charge in [0.25, 0.3) is 0 Å². The fourth-order valence-corrected chi connectivity index (χ4v) is 3.69. The van der Waals surface area contributed by atoms with Crippen molar-refractivity contribution in [1.82, 2.24) is 0 Å². The normalized spacial score (nSPS) is 10.6. The third kappa shape index (κ3) is 3.77. The minimum Gasteiger partial charge on any atom is -0.478 e. The van der Waals surface area contributed by atoms with E-state index < -0.39 is 11.9 Å². The molecular formula is C26H20N2O4. The van der Waals surface area contributed by atoms with E-state index in [1.807, 2.05) is 36.4 Å². The monoisotopic (exact) mass is 424 g/mol. The van der Waals surface area contributed by atoms with Crippen molar-refractivity contribution in [2.45, 2.75) is 0 Å². The molecule has 0 atom stereocenters. The van der Waals surface area contributed by atoms with Crippen LogP contribution in [0, 0.1) is 0 Å². The van der Waals surface area contributed by atoms with Gasteiger partial charge >= 0.3 is 11.9 Å². The first-order valence-corrected chi connectivity index (χ1v) is 9.81. The highest BCUT2D eigenvalue weighted by atomic mass is 16.4. The minimum absolute atomic E-state index is 0.161. The van der Waals surface area contributed by atoms with Crippen LogP contribution in [0.2, 0.25) is 0 Å². The Hall–Kier alpha value is -4.58. The molecule has 0 heterocycles. The highest BCUT2D eigenvalue weighted by Crippen LogP contribution is 2.44. The van der Waals surface area contributed by atoms with Crippen molar-refractivity contribution in [2.24, 2.45) is 0 Å². The summed E-state index contributed by atoms with van der Waals surface area (Å²) in [5, 5.41) is 18.5. The number of carbonyl (C=O) groups is 2. The predicted octanol–water partition coefficient (Wildman–Crippen LogP) is 5.25. The van der Waals surface area contributed by atoms with E-state index in [1.54, 1.807) is 24.3 Å². The van der Waals surface area contributed by atoms with Gasteiger partial charge in [0.2, 0.25) is 0 Å². The van der Waals surface area contributed by atoms with Gasteiger partial charge in [0.15, 0.2) is 0 Å². The van der Waals surface area contributed by atoms with Crippen molar-refractivity contribution in [1.29, 1.82) is 0 Å². The minimum atomic E-state index is -1.02. The topological polar surface area (TPSA) is 127 Å². The molecule has 158 valence electrons. The Bertz CT molecular complexity index is 1310. The molecule has 6 N–H and O–H groups in total. The van der Waals surface area contributed by atoms with Crippen LogP contribution in [0.15, 0.2) is 84.9 Å². The Morgan fingerprint density at radius 1 is 0.562 bits per heavy atom. The van der Waals surface area contributed by atoms with Gasteiger partial charge in [-0.2, -0.15) is 0 Å². The molecule has 0 spiro atoms. The maximum absolute atomic E-state index is 11.3. The van der Waals surface area contributed by atoms with Gasteiger partial charge in [0, 0.05) is 11.1 Å². The lowest BCUT2D eigenvalue weighted by Crippen LogP contribution is -2.03. The quantitative estimate of drug-likeness (QED) is 0.324. The molecule has 0 aliphatic rings. The molecule has 0 aliphatic heterocycles. The number of carboxylic acid groups (broad SMARTS) is 2. The maximum Gasteiger partial charge on any atom is 0.335 e. The standard InChI is InChI=1S/C26H20N2O4/c27-23-21(15-4-2-1-3-5-15)14-20(16-6-10-18(11-7-16)25(29)30)22(24(23)28)17-8-12-19(13-9-17)26(31)32/h1-14H,27-28H2,(H,29,30)(H,31,32). The third-order valence-corrected chi connectivity index (χ3v) is 5.36. The van der Waals surface area contributed by atoms with Gasteiger partial charge in [-0.15, -0.1) is 0 Å². The van der Waals surface area contributed by atoms with Crippen LogP contribution in [-0.2, 0) is 0 Å². The first kappa shape index (κ1) is 20.7. The Kier molecular flexibility index (Phi) is 5.35. The smallest absolute Gasteiger partial charge is 0.335 e. The summed E-state index contributed by atoms with van der Waals surface area (Å²) in [6, 6.07) is 24.4. The molecule has 4 aromatic carbocycles. The van der Waals surface area contributed by atoms with Crippen LogP contribution in [0.25, 0.3) is 33.4 Å². The molecule has 0 unspecified atom stereocenters. The molecule has 0 radical (unpaired) electrons. The molecule has 0 bridgehead atoms. The molecule has 0 amide bonds. The molecule has 0 fully saturated rings. The summed E-state index contributed by atoms with van der Waals surface area (Å²) in [5.41, 5.74) is 18.6. The third-order valence-electron chi connectivity index (χ3n) is 5.36. The fourth-order valence-electron chi connectivity index (χ4n) is 3.69. The number of rotatable bonds is 5. The molecule has 4 rings (SSSR count). The molecule has 6 heteroatoms. The van der Waals surface area contributed by atoms with Crippen LogP contribution in [0.5, 0.6) is 0 Å². The lowest BCUT2D eigenvalue weighted by atomic mass is 9.88. The van der Waals surface area contributed by atoms with Crippen LogP contribution >= 0.6 is 0 Å². The molecular weight excluding hydrogens is 404 g/mol. The maximum atomic E-state index is 11.3.